The number of rotatable bonds is 6. The molecule has 0 bridgehead atoms. The average Bonchev–Trinajstić information content (AvgIpc) is 2.72. The lowest BCUT2D eigenvalue weighted by molar-refractivity contribution is -0.384. The van der Waals surface area contributed by atoms with E-state index in [1.54, 1.807) is 43.5 Å². The summed E-state index contributed by atoms with van der Waals surface area (Å²) in [5.74, 6) is 0.360. The van der Waals surface area contributed by atoms with Crippen LogP contribution in [0.3, 0.4) is 0 Å². The fourth-order valence-electron chi connectivity index (χ4n) is 2.50. The summed E-state index contributed by atoms with van der Waals surface area (Å²) >= 11 is 0. The summed E-state index contributed by atoms with van der Waals surface area (Å²) < 4.78 is 5.12. The molecule has 0 fully saturated rings. The van der Waals surface area contributed by atoms with E-state index in [-0.39, 0.29) is 17.2 Å². The van der Waals surface area contributed by atoms with Crippen molar-refractivity contribution in [3.63, 3.8) is 0 Å². The second-order valence-corrected chi connectivity index (χ2v) is 5.66. The lowest BCUT2D eigenvalue weighted by atomic mass is 10.00. The number of hydrogen-bond acceptors (Lipinski definition) is 5. The van der Waals surface area contributed by atoms with Crippen molar-refractivity contribution < 1.29 is 14.5 Å². The van der Waals surface area contributed by atoms with Gasteiger partial charge in [-0.2, -0.15) is 0 Å². The van der Waals surface area contributed by atoms with Crippen LogP contribution in [0.25, 0.3) is 0 Å². The zero-order chi connectivity index (χ0) is 19.2. The van der Waals surface area contributed by atoms with Crippen molar-refractivity contribution in [3.8, 4) is 5.75 Å². The van der Waals surface area contributed by atoms with Crippen LogP contribution >= 0.6 is 0 Å². The van der Waals surface area contributed by atoms with Gasteiger partial charge in [0.1, 0.15) is 11.5 Å². The van der Waals surface area contributed by atoms with E-state index in [9.17, 15) is 14.9 Å². The number of nitro benzene ring substituents is 1. The fraction of sp³-hybridized carbons (Fsp3) is 0.0476. The molecule has 3 aromatic carbocycles. The van der Waals surface area contributed by atoms with Gasteiger partial charge in [-0.3, -0.25) is 14.9 Å². The van der Waals surface area contributed by atoms with Crippen LogP contribution in [0.15, 0.2) is 83.9 Å². The van der Waals surface area contributed by atoms with Gasteiger partial charge in [0.2, 0.25) is 5.78 Å². The van der Waals surface area contributed by atoms with Crippen LogP contribution in [0, 0.1) is 10.1 Å². The Kier molecular flexibility index (Phi) is 5.37. The Bertz CT molecular complexity index is 979. The molecule has 6 heteroatoms. The molecular weight excluding hydrogens is 344 g/mol. The maximum Gasteiger partial charge on any atom is 0.269 e. The lowest BCUT2D eigenvalue weighted by Crippen LogP contribution is -2.15. The summed E-state index contributed by atoms with van der Waals surface area (Å²) in [6.07, 6.45) is 0. The van der Waals surface area contributed by atoms with E-state index >= 15 is 0 Å². The van der Waals surface area contributed by atoms with Crippen molar-refractivity contribution in [3.05, 3.63) is 100 Å². The quantitative estimate of drug-likeness (QED) is 0.278. The van der Waals surface area contributed by atoms with Crippen LogP contribution in [0.4, 0.5) is 11.4 Å². The summed E-state index contributed by atoms with van der Waals surface area (Å²) in [4.78, 5) is 28.0. The van der Waals surface area contributed by atoms with Crippen molar-refractivity contribution in [2.45, 2.75) is 0 Å². The standard InChI is InChI=1S/C21H16N2O4/c1-27-19-13-9-16(10-14-19)21(24)20(22-17-5-3-2-4-6-17)15-7-11-18(12-8-15)23(25)26/h2-14H,1H3. The van der Waals surface area contributed by atoms with Crippen molar-refractivity contribution in [2.24, 2.45) is 4.99 Å². The van der Waals surface area contributed by atoms with Gasteiger partial charge in [0.25, 0.3) is 5.69 Å². The summed E-state index contributed by atoms with van der Waals surface area (Å²) in [5.41, 5.74) is 1.73. The van der Waals surface area contributed by atoms with E-state index in [1.807, 2.05) is 18.2 Å². The molecule has 0 heterocycles. The van der Waals surface area contributed by atoms with E-state index < -0.39 is 4.92 Å². The molecule has 0 saturated heterocycles. The zero-order valence-corrected chi connectivity index (χ0v) is 14.5. The van der Waals surface area contributed by atoms with Gasteiger partial charge in [-0.25, -0.2) is 4.99 Å². The van der Waals surface area contributed by atoms with Gasteiger partial charge in [-0.05, 0) is 48.5 Å². The number of hydrogen-bond donors (Lipinski definition) is 0. The third kappa shape index (κ3) is 4.24. The largest absolute Gasteiger partial charge is 0.497 e. The number of nitro groups is 1. The molecule has 3 rings (SSSR count). The SMILES string of the molecule is COc1ccc(C(=O)C(=Nc2ccccc2)c2ccc([N+](=O)[O-])cc2)cc1. The Hall–Kier alpha value is -3.80. The Morgan fingerprint density at radius 2 is 1.48 bits per heavy atom. The molecule has 6 nitrogen and oxygen atoms in total. The number of methoxy groups -OCH3 is 1. The number of ketones is 1. The first kappa shape index (κ1) is 18.0. The van der Waals surface area contributed by atoms with Gasteiger partial charge < -0.3 is 4.74 Å². The second kappa shape index (κ2) is 8.05. The number of nitrogens with zero attached hydrogens (tertiary/aromatic N) is 2. The summed E-state index contributed by atoms with van der Waals surface area (Å²) in [6.45, 7) is 0. The Morgan fingerprint density at radius 3 is 2.04 bits per heavy atom. The highest BCUT2D eigenvalue weighted by atomic mass is 16.6. The molecule has 27 heavy (non-hydrogen) atoms. The molecule has 0 atom stereocenters. The number of benzene rings is 3. The minimum Gasteiger partial charge on any atom is -0.497 e. The number of carbonyl (C=O) groups excluding carboxylic acids is 1. The minimum absolute atomic E-state index is 0.0466. The van der Waals surface area contributed by atoms with Gasteiger partial charge in [-0.1, -0.05) is 18.2 Å². The van der Waals surface area contributed by atoms with E-state index in [0.717, 1.165) is 0 Å². The predicted octanol–water partition coefficient (Wildman–Crippen LogP) is 4.61. The second-order valence-electron chi connectivity index (χ2n) is 5.66. The lowest BCUT2D eigenvalue weighted by Gasteiger charge is -2.08. The molecule has 0 saturated carbocycles. The molecule has 0 aromatic heterocycles. The zero-order valence-electron chi connectivity index (χ0n) is 14.5. The fourth-order valence-corrected chi connectivity index (χ4v) is 2.50. The average molecular weight is 360 g/mol. The highest BCUT2D eigenvalue weighted by Crippen LogP contribution is 2.20. The minimum atomic E-state index is -0.483. The third-order valence-corrected chi connectivity index (χ3v) is 3.92. The molecule has 0 spiro atoms. The number of aliphatic imine (C=N–C) groups is 1. The van der Waals surface area contributed by atoms with Crippen LogP contribution in [0.5, 0.6) is 5.75 Å². The van der Waals surface area contributed by atoms with Crippen molar-refractivity contribution in [1.82, 2.24) is 0 Å². The maximum absolute atomic E-state index is 13.1. The molecular formula is C21H16N2O4. The van der Waals surface area contributed by atoms with Gasteiger partial charge in [0.05, 0.1) is 17.7 Å². The van der Waals surface area contributed by atoms with Crippen molar-refractivity contribution in [2.75, 3.05) is 7.11 Å². The number of carbonyl (C=O) groups is 1. The molecule has 0 radical (unpaired) electrons. The Labute approximate surface area is 155 Å². The highest BCUT2D eigenvalue weighted by molar-refractivity contribution is 6.51. The number of ether oxygens (including phenoxy) is 1. The molecule has 0 amide bonds. The monoisotopic (exact) mass is 360 g/mol. The molecule has 0 aliphatic rings. The van der Waals surface area contributed by atoms with Crippen LogP contribution in [-0.4, -0.2) is 23.5 Å². The van der Waals surface area contributed by atoms with Gasteiger partial charge in [0, 0.05) is 23.3 Å². The first-order valence-electron chi connectivity index (χ1n) is 8.16. The van der Waals surface area contributed by atoms with E-state index in [1.165, 1.54) is 24.3 Å². The van der Waals surface area contributed by atoms with E-state index in [4.69, 9.17) is 4.74 Å². The smallest absolute Gasteiger partial charge is 0.269 e. The normalized spacial score (nSPS) is 11.1. The first-order valence-corrected chi connectivity index (χ1v) is 8.16. The Morgan fingerprint density at radius 1 is 0.889 bits per heavy atom. The molecule has 0 unspecified atom stereocenters. The molecule has 134 valence electrons. The van der Waals surface area contributed by atoms with Gasteiger partial charge in [-0.15, -0.1) is 0 Å². The summed E-state index contributed by atoms with van der Waals surface area (Å²) in [5, 5.41) is 10.9. The van der Waals surface area contributed by atoms with Crippen LogP contribution in [-0.2, 0) is 0 Å². The van der Waals surface area contributed by atoms with Gasteiger partial charge >= 0.3 is 0 Å². The van der Waals surface area contributed by atoms with E-state index in [0.29, 0.717) is 22.6 Å². The van der Waals surface area contributed by atoms with Crippen LogP contribution in [0.2, 0.25) is 0 Å². The highest BCUT2D eigenvalue weighted by Gasteiger charge is 2.18. The molecule has 0 aliphatic heterocycles. The summed E-state index contributed by atoms with van der Waals surface area (Å²) in [7, 11) is 1.55. The maximum atomic E-state index is 13.1. The number of para-hydroxylation sites is 1. The Balaban J connectivity index is 2.05. The van der Waals surface area contributed by atoms with Crippen LogP contribution in [0.1, 0.15) is 15.9 Å². The van der Waals surface area contributed by atoms with Crippen molar-refractivity contribution >= 4 is 22.9 Å². The predicted molar refractivity (Wildman–Crippen MR) is 103 cm³/mol. The number of non-ortho nitro benzene ring substituents is 1. The van der Waals surface area contributed by atoms with Crippen LogP contribution < -0.4 is 4.74 Å². The summed E-state index contributed by atoms with van der Waals surface area (Å²) in [6, 6.07) is 21.6. The van der Waals surface area contributed by atoms with Gasteiger partial charge in [0.15, 0.2) is 0 Å². The van der Waals surface area contributed by atoms with E-state index in [2.05, 4.69) is 4.99 Å². The third-order valence-electron chi connectivity index (χ3n) is 3.92. The topological polar surface area (TPSA) is 81.8 Å². The molecule has 3 aromatic rings. The van der Waals surface area contributed by atoms with Crippen molar-refractivity contribution in [1.29, 1.82) is 0 Å². The molecule has 0 aliphatic carbocycles. The number of Topliss-reactive ketones (excluding diaryl/α,β-unsaturated/α-hetero) is 1. The molecule has 0 N–H and O–H groups in total. The first-order chi connectivity index (χ1) is 13.1.